The molecule has 47 heavy (non-hydrogen) atoms. The lowest BCUT2D eigenvalue weighted by molar-refractivity contribution is -0.0337. The molecule has 0 saturated heterocycles. The van der Waals surface area contributed by atoms with Gasteiger partial charge >= 0.3 is 5.97 Å². The van der Waals surface area contributed by atoms with E-state index in [0.717, 1.165) is 11.8 Å². The van der Waals surface area contributed by atoms with Gasteiger partial charge in [-0.3, -0.25) is 14.1 Å². The fourth-order valence-electron chi connectivity index (χ4n) is 5.49. The molecule has 0 fully saturated rings. The topological polar surface area (TPSA) is 137 Å². The molecule has 6 rings (SSSR count). The number of carbonyl (C=O) groups excluding carboxylic acids is 2. The van der Waals surface area contributed by atoms with E-state index in [9.17, 15) is 18.0 Å². The highest BCUT2D eigenvalue weighted by atomic mass is 32.2. The molecule has 0 unspecified atom stereocenters. The third-order valence-corrected chi connectivity index (χ3v) is 8.98. The molecule has 0 spiro atoms. The number of anilines is 1. The molecule has 5 aromatic rings. The van der Waals surface area contributed by atoms with E-state index in [0.29, 0.717) is 50.6 Å². The number of aryl methyl sites for hydroxylation is 1. The van der Waals surface area contributed by atoms with Crippen LogP contribution in [0.1, 0.15) is 44.9 Å². The maximum atomic E-state index is 13.3. The van der Waals surface area contributed by atoms with Crippen LogP contribution in [-0.4, -0.2) is 57.8 Å². The highest BCUT2D eigenvalue weighted by Crippen LogP contribution is 2.42. The van der Waals surface area contributed by atoms with E-state index < -0.39 is 28.2 Å². The van der Waals surface area contributed by atoms with Gasteiger partial charge in [0.05, 0.1) is 35.7 Å². The number of aromatic nitrogens is 1. The first-order valence-electron chi connectivity index (χ1n) is 14.9. The number of rotatable bonds is 8. The van der Waals surface area contributed by atoms with E-state index in [1.165, 1.54) is 17.5 Å². The average molecular weight is 656 g/mol. The second kappa shape index (κ2) is 12.9. The predicted octanol–water partition coefficient (Wildman–Crippen LogP) is 6.04. The van der Waals surface area contributed by atoms with E-state index in [1.54, 1.807) is 61.7 Å². The minimum Gasteiger partial charge on any atom is -0.459 e. The first kappa shape index (κ1) is 31.8. The summed E-state index contributed by atoms with van der Waals surface area (Å²) in [5.41, 5.74) is 3.51. The smallest absolute Gasteiger partial charge is 0.339 e. The normalized spacial score (nSPS) is 16.3. The van der Waals surface area contributed by atoms with Gasteiger partial charge in [-0.1, -0.05) is 17.7 Å². The van der Waals surface area contributed by atoms with E-state index >= 15 is 0 Å². The van der Waals surface area contributed by atoms with Gasteiger partial charge in [0.1, 0.15) is 35.6 Å². The molecule has 1 aliphatic heterocycles. The number of benzene rings is 3. The molecule has 1 N–H and O–H groups in total. The lowest BCUT2D eigenvalue weighted by Gasteiger charge is -2.24. The van der Waals surface area contributed by atoms with Gasteiger partial charge in [0, 0.05) is 42.0 Å². The van der Waals surface area contributed by atoms with Gasteiger partial charge in [0.25, 0.3) is 5.91 Å². The number of pyridine rings is 1. The number of hydrogen-bond donors (Lipinski definition) is 1. The molecule has 1 aliphatic rings. The van der Waals surface area contributed by atoms with E-state index in [-0.39, 0.29) is 24.6 Å². The van der Waals surface area contributed by atoms with Gasteiger partial charge in [-0.25, -0.2) is 13.2 Å². The number of nitrogens with zero attached hydrogens (tertiary/aromatic N) is 2. The van der Waals surface area contributed by atoms with E-state index in [2.05, 4.69) is 10.3 Å². The van der Waals surface area contributed by atoms with Crippen molar-refractivity contribution in [1.29, 1.82) is 0 Å². The Labute approximate surface area is 272 Å². The van der Waals surface area contributed by atoms with Crippen LogP contribution in [0.25, 0.3) is 22.3 Å². The van der Waals surface area contributed by atoms with Crippen molar-refractivity contribution in [2.45, 2.75) is 26.1 Å². The molecule has 0 aliphatic carbocycles. The number of furan rings is 1. The zero-order valence-electron chi connectivity index (χ0n) is 26.2. The number of esters is 1. The van der Waals surface area contributed by atoms with Crippen LogP contribution < -0.4 is 14.4 Å². The van der Waals surface area contributed by atoms with Crippen molar-refractivity contribution in [3.8, 4) is 22.8 Å². The molecular weight excluding hydrogens is 622 g/mol. The first-order chi connectivity index (χ1) is 22.5. The summed E-state index contributed by atoms with van der Waals surface area (Å²) < 4.78 is 51.4. The van der Waals surface area contributed by atoms with Gasteiger partial charge in [-0.05, 0) is 68.4 Å². The van der Waals surface area contributed by atoms with Crippen LogP contribution in [0.2, 0.25) is 0 Å². The molecule has 3 heterocycles. The summed E-state index contributed by atoms with van der Waals surface area (Å²) in [6.07, 6.45) is 2.62. The molecule has 2 atom stereocenters. The molecule has 0 saturated carbocycles. The van der Waals surface area contributed by atoms with Gasteiger partial charge in [0.15, 0.2) is 0 Å². The van der Waals surface area contributed by atoms with Crippen LogP contribution in [0.5, 0.6) is 11.5 Å². The van der Waals surface area contributed by atoms with Crippen LogP contribution in [0, 0.1) is 6.92 Å². The molecule has 242 valence electrons. The Bertz CT molecular complexity index is 2040. The minimum absolute atomic E-state index is 0.111. The Morgan fingerprint density at radius 2 is 1.74 bits per heavy atom. The number of nitrogens with one attached hydrogen (secondary N) is 1. The van der Waals surface area contributed by atoms with Crippen LogP contribution in [0.4, 0.5) is 5.69 Å². The predicted molar refractivity (Wildman–Crippen MR) is 176 cm³/mol. The lowest BCUT2D eigenvalue weighted by Crippen LogP contribution is -2.39. The first-order valence-corrected chi connectivity index (χ1v) is 16.7. The number of ether oxygens (including phenoxy) is 3. The number of hydrogen-bond acceptors (Lipinski definition) is 9. The molecule has 1 amide bonds. The fourth-order valence-corrected chi connectivity index (χ4v) is 6.44. The summed E-state index contributed by atoms with van der Waals surface area (Å²) >= 11 is 0. The Morgan fingerprint density at radius 1 is 1.04 bits per heavy atom. The molecule has 0 bridgehead atoms. The number of fused-ring (bicyclic) bond motifs is 2. The van der Waals surface area contributed by atoms with E-state index in [1.807, 2.05) is 31.2 Å². The number of carbonyl (C=O) groups is 2. The van der Waals surface area contributed by atoms with Crippen molar-refractivity contribution in [1.82, 2.24) is 10.3 Å². The molecule has 12 heteroatoms. The lowest BCUT2D eigenvalue weighted by atomic mass is 10.0. The largest absolute Gasteiger partial charge is 0.459 e. The monoisotopic (exact) mass is 655 g/mol. The van der Waals surface area contributed by atoms with Gasteiger partial charge in [0.2, 0.25) is 10.0 Å². The average Bonchev–Trinajstić information content (AvgIpc) is 3.37. The van der Waals surface area contributed by atoms with Gasteiger partial charge < -0.3 is 23.9 Å². The highest BCUT2D eigenvalue weighted by molar-refractivity contribution is 7.92. The summed E-state index contributed by atoms with van der Waals surface area (Å²) in [7, 11) is -2.29. The Hall–Kier alpha value is -5.20. The van der Waals surface area contributed by atoms with Crippen LogP contribution in [0.15, 0.2) is 89.6 Å². The second-order valence-electron chi connectivity index (χ2n) is 11.3. The number of sulfonamides is 1. The van der Waals surface area contributed by atoms with Crippen LogP contribution in [-0.2, 0) is 19.5 Å². The third kappa shape index (κ3) is 6.69. The minimum atomic E-state index is -3.82. The second-order valence-corrected chi connectivity index (χ2v) is 13.2. The van der Waals surface area contributed by atoms with Crippen molar-refractivity contribution in [2.24, 2.45) is 0 Å². The van der Waals surface area contributed by atoms with Crippen molar-refractivity contribution < 1.29 is 36.6 Å². The van der Waals surface area contributed by atoms with Gasteiger partial charge in [-0.15, -0.1) is 0 Å². The quantitative estimate of drug-likeness (QED) is 0.198. The standard InChI is InChI=1S/C35H33N3O8S/c1-21-7-11-25(12-8-21)45-26-13-9-23(10-14-26)33-32(34(39)36-3)29-16-28-22(2)44-27(20-43-35(40)24-6-5-15-37-18-24)19-38(47(4,41)42)30(28)17-31(29)46-33/h5-18,22,27H,19-20H2,1-4H3,(H,36,39)/t22-,27-/m0/s1. The summed E-state index contributed by atoms with van der Waals surface area (Å²) in [6, 6.07) is 21.4. The Kier molecular flexibility index (Phi) is 8.71. The molecule has 0 radical (unpaired) electrons. The summed E-state index contributed by atoms with van der Waals surface area (Å²) in [5, 5.41) is 3.18. The zero-order valence-corrected chi connectivity index (χ0v) is 27.0. The maximum absolute atomic E-state index is 13.3. The Morgan fingerprint density at radius 3 is 2.38 bits per heavy atom. The molecule has 3 aromatic carbocycles. The van der Waals surface area contributed by atoms with Crippen molar-refractivity contribution in [3.05, 3.63) is 107 Å². The maximum Gasteiger partial charge on any atom is 0.339 e. The highest BCUT2D eigenvalue weighted by Gasteiger charge is 2.34. The van der Waals surface area contributed by atoms with Crippen molar-refractivity contribution >= 4 is 38.6 Å². The van der Waals surface area contributed by atoms with Crippen molar-refractivity contribution in [3.63, 3.8) is 0 Å². The van der Waals surface area contributed by atoms with Gasteiger partial charge in [-0.2, -0.15) is 0 Å². The third-order valence-electron chi connectivity index (χ3n) is 7.84. The molecular formula is C35H33N3O8S. The van der Waals surface area contributed by atoms with Crippen LogP contribution >= 0.6 is 0 Å². The Balaban J connectivity index is 1.35. The summed E-state index contributed by atoms with van der Waals surface area (Å²) in [6.45, 7) is 3.48. The SMILES string of the molecule is CNC(=O)c1c(-c2ccc(Oc3ccc(C)cc3)cc2)oc2cc3c(cc12)[C@H](C)O[C@H](COC(=O)c1cccnc1)CN3S(C)(=O)=O. The van der Waals surface area contributed by atoms with Crippen molar-refractivity contribution in [2.75, 3.05) is 30.8 Å². The van der Waals surface area contributed by atoms with Crippen LogP contribution in [0.3, 0.4) is 0 Å². The molecule has 2 aromatic heterocycles. The fraction of sp³-hybridized carbons (Fsp3) is 0.229. The summed E-state index contributed by atoms with van der Waals surface area (Å²) in [4.78, 5) is 29.8. The summed E-state index contributed by atoms with van der Waals surface area (Å²) in [5.74, 6) is 0.650. The van der Waals surface area contributed by atoms with E-state index in [4.69, 9.17) is 18.6 Å². The number of amides is 1. The molecule has 11 nitrogen and oxygen atoms in total. The zero-order chi connectivity index (χ0) is 33.3.